The highest BCUT2D eigenvalue weighted by Crippen LogP contribution is 2.50. The molecule has 2 nitrogen and oxygen atoms in total. The number of carbonyl (C=O) groups is 1. The van der Waals surface area contributed by atoms with Gasteiger partial charge in [-0.25, -0.2) is 0 Å². The third kappa shape index (κ3) is 5.80. The molecule has 120 valence electrons. The van der Waals surface area contributed by atoms with E-state index in [2.05, 4.69) is 30.5 Å². The van der Waals surface area contributed by atoms with E-state index in [-0.39, 0.29) is 5.12 Å². The lowest BCUT2D eigenvalue weighted by Crippen LogP contribution is -2.05. The Bertz CT molecular complexity index is 489. The summed E-state index contributed by atoms with van der Waals surface area (Å²) in [5.41, 5.74) is 1.37. The van der Waals surface area contributed by atoms with E-state index in [0.717, 1.165) is 23.0 Å². The van der Waals surface area contributed by atoms with Gasteiger partial charge in [0.05, 0.1) is 11.7 Å². The van der Waals surface area contributed by atoms with Gasteiger partial charge in [0, 0.05) is 28.3 Å². The zero-order valence-electron chi connectivity index (χ0n) is 12.5. The molecule has 0 amide bonds. The molecule has 1 heterocycles. The first-order chi connectivity index (χ1) is 10.7. The SMILES string of the molecule is C=CC(=O)SCCSCC1CSC(c2ccc(OC)cc2)S1. The van der Waals surface area contributed by atoms with Crippen LogP contribution in [0.3, 0.4) is 0 Å². The maximum Gasteiger partial charge on any atom is 0.211 e. The van der Waals surface area contributed by atoms with Gasteiger partial charge in [-0.15, -0.1) is 23.5 Å². The maximum atomic E-state index is 11.1. The molecule has 1 aliphatic rings. The van der Waals surface area contributed by atoms with Crippen LogP contribution in [0.2, 0.25) is 0 Å². The Kier molecular flexibility index (Phi) is 8.14. The van der Waals surface area contributed by atoms with Crippen LogP contribution in [0.15, 0.2) is 36.9 Å². The van der Waals surface area contributed by atoms with Crippen molar-refractivity contribution in [2.45, 2.75) is 9.83 Å². The highest BCUT2D eigenvalue weighted by atomic mass is 32.2. The average Bonchev–Trinajstić information content (AvgIpc) is 3.03. The summed E-state index contributed by atoms with van der Waals surface area (Å²) in [4.78, 5) is 11.1. The Morgan fingerprint density at radius 2 is 2.18 bits per heavy atom. The van der Waals surface area contributed by atoms with Gasteiger partial charge in [0.2, 0.25) is 5.12 Å². The fraction of sp³-hybridized carbons (Fsp3) is 0.438. The van der Waals surface area contributed by atoms with Crippen LogP contribution in [-0.2, 0) is 4.79 Å². The largest absolute Gasteiger partial charge is 0.497 e. The van der Waals surface area contributed by atoms with Crippen molar-refractivity contribution >= 4 is 52.2 Å². The number of hydrogen-bond acceptors (Lipinski definition) is 6. The summed E-state index contributed by atoms with van der Waals surface area (Å²) in [6, 6.07) is 8.39. The number of ether oxygens (including phenoxy) is 1. The third-order valence-corrected chi connectivity index (χ3v) is 8.90. The average molecular weight is 373 g/mol. The van der Waals surface area contributed by atoms with E-state index in [1.54, 1.807) is 7.11 Å². The maximum absolute atomic E-state index is 11.1. The molecule has 2 atom stereocenters. The highest BCUT2D eigenvalue weighted by Gasteiger charge is 2.26. The number of carbonyl (C=O) groups excluding carboxylic acids is 1. The summed E-state index contributed by atoms with van der Waals surface area (Å²) in [6.07, 6.45) is 1.39. The quantitative estimate of drug-likeness (QED) is 0.484. The Morgan fingerprint density at radius 3 is 2.86 bits per heavy atom. The van der Waals surface area contributed by atoms with Crippen molar-refractivity contribution in [2.75, 3.05) is 30.1 Å². The number of hydrogen-bond donors (Lipinski definition) is 0. The third-order valence-electron chi connectivity index (χ3n) is 3.08. The summed E-state index contributed by atoms with van der Waals surface area (Å²) < 4.78 is 5.74. The summed E-state index contributed by atoms with van der Waals surface area (Å²) in [6.45, 7) is 3.48. The predicted molar refractivity (Wildman–Crippen MR) is 105 cm³/mol. The van der Waals surface area contributed by atoms with Crippen LogP contribution in [0.25, 0.3) is 0 Å². The molecule has 0 radical (unpaired) electrons. The van der Waals surface area contributed by atoms with E-state index >= 15 is 0 Å². The number of methoxy groups -OCH3 is 1. The van der Waals surface area contributed by atoms with Gasteiger partial charge in [-0.3, -0.25) is 4.79 Å². The molecular formula is C16H20O2S4. The number of benzene rings is 1. The minimum absolute atomic E-state index is 0.0750. The van der Waals surface area contributed by atoms with Gasteiger partial charge in [-0.05, 0) is 23.8 Å². The van der Waals surface area contributed by atoms with E-state index in [1.807, 2.05) is 35.7 Å². The van der Waals surface area contributed by atoms with Crippen LogP contribution in [0.5, 0.6) is 5.75 Å². The molecule has 1 saturated heterocycles. The molecule has 0 aliphatic carbocycles. The summed E-state index contributed by atoms with van der Waals surface area (Å²) >= 11 is 7.39. The summed E-state index contributed by atoms with van der Waals surface area (Å²) in [5.74, 6) is 5.18. The fourth-order valence-electron chi connectivity index (χ4n) is 1.95. The molecule has 22 heavy (non-hydrogen) atoms. The molecule has 1 fully saturated rings. The minimum atomic E-state index is 0.0750. The second kappa shape index (κ2) is 9.85. The van der Waals surface area contributed by atoms with Gasteiger partial charge in [-0.1, -0.05) is 30.5 Å². The fourth-order valence-corrected chi connectivity index (χ4v) is 7.46. The molecule has 6 heteroatoms. The van der Waals surface area contributed by atoms with Gasteiger partial charge >= 0.3 is 0 Å². The minimum Gasteiger partial charge on any atom is -0.497 e. The smallest absolute Gasteiger partial charge is 0.211 e. The number of thioether (sulfide) groups is 4. The molecule has 0 spiro atoms. The lowest BCUT2D eigenvalue weighted by molar-refractivity contribution is -0.107. The zero-order chi connectivity index (χ0) is 15.8. The van der Waals surface area contributed by atoms with Crippen molar-refractivity contribution in [3.63, 3.8) is 0 Å². The molecular weight excluding hydrogens is 352 g/mol. The lowest BCUT2D eigenvalue weighted by Gasteiger charge is -2.11. The van der Waals surface area contributed by atoms with E-state index in [0.29, 0.717) is 9.83 Å². The van der Waals surface area contributed by atoms with Gasteiger partial charge in [0.15, 0.2) is 0 Å². The molecule has 2 rings (SSSR count). The van der Waals surface area contributed by atoms with Crippen LogP contribution in [0, 0.1) is 0 Å². The first kappa shape index (κ1) is 18.2. The molecule has 2 unspecified atom stereocenters. The lowest BCUT2D eigenvalue weighted by atomic mass is 10.2. The molecule has 0 aromatic heterocycles. The molecule has 0 bridgehead atoms. The van der Waals surface area contributed by atoms with Crippen LogP contribution >= 0.6 is 47.0 Å². The summed E-state index contributed by atoms with van der Waals surface area (Å²) in [5, 5.41) is 0.771. The molecule has 0 N–H and O–H groups in total. The van der Waals surface area contributed by atoms with Crippen molar-refractivity contribution in [3.8, 4) is 5.75 Å². The van der Waals surface area contributed by atoms with Crippen LogP contribution < -0.4 is 4.74 Å². The molecule has 1 aromatic carbocycles. The van der Waals surface area contributed by atoms with E-state index < -0.39 is 0 Å². The second-order valence-electron chi connectivity index (χ2n) is 4.64. The van der Waals surface area contributed by atoms with Crippen LogP contribution in [0.1, 0.15) is 10.1 Å². The Morgan fingerprint density at radius 1 is 1.41 bits per heavy atom. The van der Waals surface area contributed by atoms with Gasteiger partial charge in [0.1, 0.15) is 5.75 Å². The van der Waals surface area contributed by atoms with Gasteiger partial charge < -0.3 is 4.74 Å². The van der Waals surface area contributed by atoms with E-state index in [1.165, 1.54) is 29.2 Å². The monoisotopic (exact) mass is 372 g/mol. The van der Waals surface area contributed by atoms with Crippen molar-refractivity contribution < 1.29 is 9.53 Å². The first-order valence-electron chi connectivity index (χ1n) is 7.01. The Balaban J connectivity index is 1.66. The Labute approximate surface area is 149 Å². The number of rotatable bonds is 8. The Hall–Kier alpha value is -0.170. The second-order valence-corrected chi connectivity index (χ2v) is 9.74. The van der Waals surface area contributed by atoms with Crippen molar-refractivity contribution in [1.29, 1.82) is 0 Å². The molecule has 0 saturated carbocycles. The van der Waals surface area contributed by atoms with Crippen molar-refractivity contribution in [2.24, 2.45) is 0 Å². The molecule has 1 aliphatic heterocycles. The van der Waals surface area contributed by atoms with Gasteiger partial charge in [-0.2, -0.15) is 11.8 Å². The van der Waals surface area contributed by atoms with Crippen LogP contribution in [0.4, 0.5) is 0 Å². The highest BCUT2D eigenvalue weighted by molar-refractivity contribution is 8.20. The summed E-state index contributed by atoms with van der Waals surface area (Å²) in [7, 11) is 1.70. The zero-order valence-corrected chi connectivity index (χ0v) is 15.8. The first-order valence-corrected chi connectivity index (χ1v) is 11.1. The molecule has 1 aromatic rings. The van der Waals surface area contributed by atoms with Crippen LogP contribution in [-0.4, -0.2) is 40.5 Å². The van der Waals surface area contributed by atoms with Gasteiger partial charge in [0.25, 0.3) is 0 Å². The predicted octanol–water partition coefficient (Wildman–Crippen LogP) is 4.72. The van der Waals surface area contributed by atoms with Crippen molar-refractivity contribution in [3.05, 3.63) is 42.5 Å². The standard InChI is InChI=1S/C16H20O2S4/c1-3-15(17)20-9-8-19-10-14-11-21-16(22-14)12-4-6-13(18-2)7-5-12/h3-7,14,16H,1,8-11H2,2H3. The van der Waals surface area contributed by atoms with E-state index in [4.69, 9.17) is 4.74 Å². The van der Waals surface area contributed by atoms with Crippen molar-refractivity contribution in [1.82, 2.24) is 0 Å². The normalized spacial score (nSPS) is 20.8. The van der Waals surface area contributed by atoms with E-state index in [9.17, 15) is 4.79 Å². The topological polar surface area (TPSA) is 26.3 Å².